The lowest BCUT2D eigenvalue weighted by atomic mass is 10.2. The standard InChI is InChI=1S/C17H11ClN6O5S3/c18-9-5-13-15(14(6-9)24(26)27)31-17(20-16(13)25)30-8-10-7-23(22-21-10)11-1-3-12(4-2-11)32(19,28)29/h1-7H,8H2,(H2,19,28,29). The van der Waals surface area contributed by atoms with Gasteiger partial charge in [-0.05, 0) is 30.3 Å². The van der Waals surface area contributed by atoms with Gasteiger partial charge in [0.1, 0.15) is 4.70 Å². The van der Waals surface area contributed by atoms with E-state index in [9.17, 15) is 23.3 Å². The minimum absolute atomic E-state index is 0.0233. The van der Waals surface area contributed by atoms with Crippen LogP contribution in [0.1, 0.15) is 5.69 Å². The number of hydrogen-bond acceptors (Lipinski definition) is 10. The Bertz CT molecular complexity index is 1520. The molecular formula is C17H11ClN6O5S3. The zero-order chi connectivity index (χ0) is 23.0. The van der Waals surface area contributed by atoms with Crippen LogP contribution in [-0.2, 0) is 15.8 Å². The normalized spacial score (nSPS) is 11.7. The van der Waals surface area contributed by atoms with E-state index in [1.807, 2.05) is 0 Å². The van der Waals surface area contributed by atoms with Crippen molar-refractivity contribution in [1.82, 2.24) is 20.0 Å². The number of nitrogens with two attached hydrogens (primary N) is 1. The SMILES string of the molecule is NS(=O)(=O)c1ccc(-n2cc(CSc3nc(=O)c4cc(Cl)cc([N+](=O)[O-])c4s3)nn2)cc1. The molecule has 32 heavy (non-hydrogen) atoms. The molecule has 0 atom stereocenters. The second-order valence-electron chi connectivity index (χ2n) is 6.33. The Morgan fingerprint density at radius 2 is 1.97 bits per heavy atom. The van der Waals surface area contributed by atoms with Gasteiger partial charge in [0.15, 0.2) is 4.34 Å². The lowest BCUT2D eigenvalue weighted by molar-refractivity contribution is -0.382. The molecule has 2 N–H and O–H groups in total. The number of nitro groups is 1. The second-order valence-corrected chi connectivity index (χ2v) is 10.5. The summed E-state index contributed by atoms with van der Waals surface area (Å²) in [5.74, 6) is 0.297. The van der Waals surface area contributed by atoms with E-state index in [0.717, 1.165) is 11.3 Å². The third-order valence-corrected chi connectivity index (χ3v) is 7.59. The first-order valence-corrected chi connectivity index (χ1v) is 12.3. The molecule has 0 unspecified atom stereocenters. The fourth-order valence-electron chi connectivity index (χ4n) is 2.71. The first-order valence-electron chi connectivity index (χ1n) is 8.58. The van der Waals surface area contributed by atoms with Crippen molar-refractivity contribution in [3.8, 4) is 5.69 Å². The first kappa shape index (κ1) is 22.3. The quantitative estimate of drug-likeness (QED) is 0.233. The van der Waals surface area contributed by atoms with E-state index in [-0.39, 0.29) is 25.7 Å². The van der Waals surface area contributed by atoms with Gasteiger partial charge in [-0.15, -0.1) is 16.4 Å². The van der Waals surface area contributed by atoms with E-state index in [1.165, 1.54) is 52.8 Å². The van der Waals surface area contributed by atoms with Gasteiger partial charge < -0.3 is 0 Å². The van der Waals surface area contributed by atoms with Gasteiger partial charge in [-0.25, -0.2) is 18.2 Å². The molecule has 0 aliphatic heterocycles. The fourth-order valence-corrected chi connectivity index (χ4v) is 5.45. The van der Waals surface area contributed by atoms with E-state index in [2.05, 4.69) is 15.3 Å². The molecule has 11 nitrogen and oxygen atoms in total. The molecule has 2 aromatic carbocycles. The number of nitro benzene ring substituents is 1. The Balaban J connectivity index is 1.56. The maximum atomic E-state index is 12.3. The summed E-state index contributed by atoms with van der Waals surface area (Å²) in [6.07, 6.45) is 1.63. The van der Waals surface area contributed by atoms with E-state index >= 15 is 0 Å². The third kappa shape index (κ3) is 4.63. The highest BCUT2D eigenvalue weighted by Gasteiger charge is 2.18. The summed E-state index contributed by atoms with van der Waals surface area (Å²) in [5, 5.41) is 24.6. The lowest BCUT2D eigenvalue weighted by Gasteiger charge is -2.02. The van der Waals surface area contributed by atoms with Gasteiger partial charge in [-0.2, -0.15) is 4.98 Å². The van der Waals surface area contributed by atoms with Crippen molar-refractivity contribution >= 4 is 60.5 Å². The Labute approximate surface area is 193 Å². The number of sulfonamides is 1. The number of halogens is 1. The molecule has 2 aromatic heterocycles. The van der Waals surface area contributed by atoms with Gasteiger partial charge in [0.2, 0.25) is 10.0 Å². The van der Waals surface area contributed by atoms with Crippen LogP contribution in [0.15, 0.2) is 56.6 Å². The first-order chi connectivity index (χ1) is 15.1. The van der Waals surface area contributed by atoms with Crippen LogP contribution >= 0.6 is 34.7 Å². The van der Waals surface area contributed by atoms with Crippen LogP contribution in [0.25, 0.3) is 15.8 Å². The van der Waals surface area contributed by atoms with Crippen molar-refractivity contribution in [3.05, 3.63) is 73.8 Å². The molecule has 0 amide bonds. The van der Waals surface area contributed by atoms with Gasteiger partial charge >= 0.3 is 0 Å². The van der Waals surface area contributed by atoms with Gasteiger partial charge in [-0.1, -0.05) is 28.6 Å². The van der Waals surface area contributed by atoms with Crippen molar-refractivity contribution in [1.29, 1.82) is 0 Å². The molecule has 2 heterocycles. The number of rotatable bonds is 6. The highest BCUT2D eigenvalue weighted by molar-refractivity contribution is 8.00. The molecule has 0 saturated carbocycles. The van der Waals surface area contributed by atoms with E-state index in [1.54, 1.807) is 6.20 Å². The maximum absolute atomic E-state index is 12.3. The highest BCUT2D eigenvalue weighted by atomic mass is 35.5. The third-order valence-electron chi connectivity index (χ3n) is 4.16. The zero-order valence-corrected chi connectivity index (χ0v) is 18.9. The van der Waals surface area contributed by atoms with Crippen molar-refractivity contribution in [2.75, 3.05) is 0 Å². The maximum Gasteiger partial charge on any atom is 0.288 e. The van der Waals surface area contributed by atoms with Crippen molar-refractivity contribution in [2.24, 2.45) is 5.14 Å². The Kier molecular flexibility index (Phi) is 5.96. The monoisotopic (exact) mass is 510 g/mol. The summed E-state index contributed by atoms with van der Waals surface area (Å²) in [5.41, 5.74) is 0.262. The molecular weight excluding hydrogens is 500 g/mol. The topological polar surface area (TPSA) is 164 Å². The van der Waals surface area contributed by atoms with Crippen LogP contribution in [-0.4, -0.2) is 33.3 Å². The Morgan fingerprint density at radius 1 is 1.25 bits per heavy atom. The molecule has 0 aliphatic carbocycles. The van der Waals surface area contributed by atoms with E-state index in [0.29, 0.717) is 21.5 Å². The molecule has 0 aliphatic rings. The smallest absolute Gasteiger partial charge is 0.267 e. The summed E-state index contributed by atoms with van der Waals surface area (Å²) in [4.78, 5) is 27.0. The van der Waals surface area contributed by atoms with Gasteiger partial charge in [0, 0.05) is 16.8 Å². The summed E-state index contributed by atoms with van der Waals surface area (Å²) in [6, 6.07) is 8.34. The summed E-state index contributed by atoms with van der Waals surface area (Å²) in [7, 11) is -3.80. The van der Waals surface area contributed by atoms with Crippen LogP contribution in [0, 0.1) is 10.1 Å². The van der Waals surface area contributed by atoms with Gasteiger partial charge in [0.25, 0.3) is 11.2 Å². The summed E-state index contributed by atoms with van der Waals surface area (Å²) in [6.45, 7) is 0. The van der Waals surface area contributed by atoms with Crippen LogP contribution < -0.4 is 10.7 Å². The fraction of sp³-hybridized carbons (Fsp3) is 0.0588. The largest absolute Gasteiger partial charge is 0.288 e. The predicted molar refractivity (Wildman–Crippen MR) is 120 cm³/mol. The molecule has 0 bridgehead atoms. The number of thioether (sulfide) groups is 1. The molecule has 0 fully saturated rings. The number of aromatic nitrogens is 4. The van der Waals surface area contributed by atoms with Crippen LogP contribution in [0.5, 0.6) is 0 Å². The average Bonchev–Trinajstić information content (AvgIpc) is 3.21. The minimum atomic E-state index is -3.80. The molecule has 0 spiro atoms. The number of non-ortho nitro benzene ring substituents is 1. The van der Waals surface area contributed by atoms with Crippen molar-refractivity contribution in [2.45, 2.75) is 15.0 Å². The van der Waals surface area contributed by atoms with Crippen molar-refractivity contribution in [3.63, 3.8) is 0 Å². The van der Waals surface area contributed by atoms with Crippen LogP contribution in [0.4, 0.5) is 5.69 Å². The molecule has 0 radical (unpaired) electrons. The molecule has 15 heteroatoms. The number of primary sulfonamides is 1. The summed E-state index contributed by atoms with van der Waals surface area (Å²) < 4.78 is 24.7. The number of benzene rings is 2. The molecule has 4 aromatic rings. The Morgan fingerprint density at radius 3 is 2.62 bits per heavy atom. The number of nitrogens with zero attached hydrogens (tertiary/aromatic N) is 5. The van der Waals surface area contributed by atoms with Gasteiger partial charge in [0.05, 0.1) is 32.8 Å². The van der Waals surface area contributed by atoms with Crippen molar-refractivity contribution < 1.29 is 13.3 Å². The van der Waals surface area contributed by atoms with E-state index < -0.39 is 20.5 Å². The molecule has 164 valence electrons. The number of hydrogen-bond donors (Lipinski definition) is 1. The van der Waals surface area contributed by atoms with Gasteiger partial charge in [-0.3, -0.25) is 14.9 Å². The lowest BCUT2D eigenvalue weighted by Crippen LogP contribution is -2.12. The van der Waals surface area contributed by atoms with Crippen LogP contribution in [0.2, 0.25) is 5.02 Å². The average molecular weight is 511 g/mol. The second kappa shape index (κ2) is 8.55. The Hall–Kier alpha value is -2.91. The van der Waals surface area contributed by atoms with E-state index in [4.69, 9.17) is 16.7 Å². The highest BCUT2D eigenvalue weighted by Crippen LogP contribution is 2.35. The predicted octanol–water partition coefficient (Wildman–Crippen LogP) is 2.74. The number of fused-ring (bicyclic) bond motifs is 1. The zero-order valence-electron chi connectivity index (χ0n) is 15.7. The minimum Gasteiger partial charge on any atom is -0.267 e. The molecule has 0 saturated heterocycles. The summed E-state index contributed by atoms with van der Waals surface area (Å²) >= 11 is 8.08. The van der Waals surface area contributed by atoms with Crippen LogP contribution in [0.3, 0.4) is 0 Å². The molecule has 4 rings (SSSR count).